The van der Waals surface area contributed by atoms with Gasteiger partial charge in [-0.2, -0.15) is 0 Å². The van der Waals surface area contributed by atoms with Crippen molar-refractivity contribution >= 4 is 17.7 Å². The molecule has 0 saturated carbocycles. The Hall–Kier alpha value is -2.25. The van der Waals surface area contributed by atoms with Crippen molar-refractivity contribution in [2.45, 2.75) is 38.9 Å². The van der Waals surface area contributed by atoms with Gasteiger partial charge in [-0.3, -0.25) is 19.7 Å². The maximum atomic E-state index is 12.8. The van der Waals surface area contributed by atoms with Crippen LogP contribution in [0.25, 0.3) is 0 Å². The molecule has 1 aromatic carbocycles. The van der Waals surface area contributed by atoms with Crippen LogP contribution in [0.1, 0.15) is 41.3 Å². The molecule has 0 aliphatic carbocycles. The number of benzene rings is 1. The number of nitrogens with one attached hydrogen (secondary N) is 3. The molecule has 0 radical (unpaired) electrons. The first kappa shape index (κ1) is 18.1. The van der Waals surface area contributed by atoms with Crippen molar-refractivity contribution < 1.29 is 14.4 Å². The molecule has 1 aromatic rings. The molecular weight excluding hydrogens is 344 g/mol. The fraction of sp³-hybridized carbons (Fsp3) is 0.550. The summed E-state index contributed by atoms with van der Waals surface area (Å²) in [7, 11) is 0. The topological polar surface area (TPSA) is 90.5 Å². The van der Waals surface area contributed by atoms with E-state index in [1.807, 2.05) is 18.2 Å². The minimum Gasteiger partial charge on any atom is -0.322 e. The first-order chi connectivity index (χ1) is 13.0. The molecule has 2 fully saturated rings. The molecule has 0 spiro atoms. The second kappa shape index (κ2) is 7.40. The third-order valence-corrected chi connectivity index (χ3v) is 6.01. The second-order valence-corrected chi connectivity index (χ2v) is 7.92. The number of amides is 3. The summed E-state index contributed by atoms with van der Waals surface area (Å²) in [4.78, 5) is 37.9. The van der Waals surface area contributed by atoms with Crippen molar-refractivity contribution in [1.29, 1.82) is 0 Å². The predicted molar refractivity (Wildman–Crippen MR) is 99.7 cm³/mol. The molecular formula is C20H26N4O3. The molecule has 3 N–H and O–H groups in total. The SMILES string of the molecule is C[C@@H]1CNC[C@H]1CNCc1ccc2c(c1)C(=O)N(C1CCC(=O)NC1=O)C2. The van der Waals surface area contributed by atoms with Gasteiger partial charge < -0.3 is 15.5 Å². The molecule has 27 heavy (non-hydrogen) atoms. The lowest BCUT2D eigenvalue weighted by atomic mass is 9.98. The number of fused-ring (bicyclic) bond motifs is 1. The normalized spacial score (nSPS) is 27.8. The van der Waals surface area contributed by atoms with Crippen molar-refractivity contribution in [3.63, 3.8) is 0 Å². The van der Waals surface area contributed by atoms with Crippen LogP contribution in [0.5, 0.6) is 0 Å². The van der Waals surface area contributed by atoms with Crippen molar-refractivity contribution in [3.05, 3.63) is 34.9 Å². The van der Waals surface area contributed by atoms with Crippen molar-refractivity contribution in [1.82, 2.24) is 20.9 Å². The van der Waals surface area contributed by atoms with E-state index in [1.165, 1.54) is 0 Å². The molecule has 3 aliphatic rings. The summed E-state index contributed by atoms with van der Waals surface area (Å²) in [5, 5.41) is 9.25. The van der Waals surface area contributed by atoms with Crippen LogP contribution >= 0.6 is 0 Å². The van der Waals surface area contributed by atoms with Gasteiger partial charge in [0.25, 0.3) is 5.91 Å². The Labute approximate surface area is 158 Å². The molecule has 144 valence electrons. The van der Waals surface area contributed by atoms with Gasteiger partial charge >= 0.3 is 0 Å². The van der Waals surface area contributed by atoms with Crippen LogP contribution in [-0.4, -0.2) is 48.3 Å². The van der Waals surface area contributed by atoms with E-state index < -0.39 is 6.04 Å². The van der Waals surface area contributed by atoms with Crippen LogP contribution < -0.4 is 16.0 Å². The van der Waals surface area contributed by atoms with E-state index in [0.29, 0.717) is 30.4 Å². The van der Waals surface area contributed by atoms with Crippen LogP contribution in [0.4, 0.5) is 0 Å². The summed E-state index contributed by atoms with van der Waals surface area (Å²) in [6, 6.07) is 5.41. The average Bonchev–Trinajstić information content (AvgIpc) is 3.19. The lowest BCUT2D eigenvalue weighted by Crippen LogP contribution is -2.52. The standard InChI is InChI=1S/C20H26N4O3/c1-12-7-21-9-15(12)10-22-8-13-2-3-14-11-24(20(27)16(14)6-13)17-4-5-18(25)23-19(17)26/h2-3,6,12,15,17,21-22H,4-5,7-11H2,1H3,(H,23,25,26)/t12-,15+,17?/m1/s1. The monoisotopic (exact) mass is 370 g/mol. The van der Waals surface area contributed by atoms with Crippen LogP contribution in [0.2, 0.25) is 0 Å². The van der Waals surface area contributed by atoms with Crippen LogP contribution in [-0.2, 0) is 22.7 Å². The average molecular weight is 370 g/mol. The largest absolute Gasteiger partial charge is 0.322 e. The summed E-state index contributed by atoms with van der Waals surface area (Å²) in [5.41, 5.74) is 2.70. The van der Waals surface area contributed by atoms with E-state index in [1.54, 1.807) is 4.90 Å². The van der Waals surface area contributed by atoms with E-state index in [0.717, 1.165) is 37.3 Å². The van der Waals surface area contributed by atoms with Gasteiger partial charge in [-0.1, -0.05) is 19.1 Å². The highest BCUT2D eigenvalue weighted by atomic mass is 16.2. The Morgan fingerprint density at radius 3 is 2.81 bits per heavy atom. The lowest BCUT2D eigenvalue weighted by Gasteiger charge is -2.29. The molecule has 7 heteroatoms. The molecule has 3 aliphatic heterocycles. The van der Waals surface area contributed by atoms with E-state index in [-0.39, 0.29) is 24.1 Å². The van der Waals surface area contributed by atoms with E-state index in [9.17, 15) is 14.4 Å². The zero-order chi connectivity index (χ0) is 19.0. The number of rotatable bonds is 5. The van der Waals surface area contributed by atoms with Crippen LogP contribution in [0.3, 0.4) is 0 Å². The van der Waals surface area contributed by atoms with Gasteiger partial charge in [-0.15, -0.1) is 0 Å². The highest BCUT2D eigenvalue weighted by molar-refractivity contribution is 6.05. The minimum absolute atomic E-state index is 0.116. The summed E-state index contributed by atoms with van der Waals surface area (Å²) in [5.74, 6) is 0.578. The van der Waals surface area contributed by atoms with Crippen LogP contribution in [0.15, 0.2) is 18.2 Å². The van der Waals surface area contributed by atoms with Crippen molar-refractivity contribution in [2.24, 2.45) is 11.8 Å². The van der Waals surface area contributed by atoms with Gasteiger partial charge in [0, 0.05) is 25.1 Å². The van der Waals surface area contributed by atoms with Gasteiger partial charge in [-0.05, 0) is 55.1 Å². The zero-order valence-corrected chi connectivity index (χ0v) is 15.6. The Morgan fingerprint density at radius 1 is 1.22 bits per heavy atom. The first-order valence-corrected chi connectivity index (χ1v) is 9.71. The number of hydrogen-bond acceptors (Lipinski definition) is 5. The molecule has 0 bridgehead atoms. The zero-order valence-electron chi connectivity index (χ0n) is 15.6. The molecule has 2 saturated heterocycles. The summed E-state index contributed by atoms with van der Waals surface area (Å²) >= 11 is 0. The molecule has 3 amide bonds. The first-order valence-electron chi connectivity index (χ1n) is 9.71. The van der Waals surface area contributed by atoms with Gasteiger partial charge in [-0.25, -0.2) is 0 Å². The van der Waals surface area contributed by atoms with Crippen molar-refractivity contribution in [3.8, 4) is 0 Å². The maximum Gasteiger partial charge on any atom is 0.255 e. The predicted octanol–water partition coefficient (Wildman–Crippen LogP) is 0.393. The third-order valence-electron chi connectivity index (χ3n) is 6.01. The van der Waals surface area contributed by atoms with Crippen molar-refractivity contribution in [2.75, 3.05) is 19.6 Å². The summed E-state index contributed by atoms with van der Waals surface area (Å²) < 4.78 is 0. The highest BCUT2D eigenvalue weighted by Gasteiger charge is 2.39. The summed E-state index contributed by atoms with van der Waals surface area (Å²) in [6.45, 7) is 6.51. The highest BCUT2D eigenvalue weighted by Crippen LogP contribution is 2.28. The Balaban J connectivity index is 1.39. The molecule has 3 atom stereocenters. The lowest BCUT2D eigenvalue weighted by molar-refractivity contribution is -0.136. The number of carbonyl (C=O) groups is 3. The Bertz CT molecular complexity index is 778. The van der Waals surface area contributed by atoms with Gasteiger partial charge in [0.15, 0.2) is 0 Å². The second-order valence-electron chi connectivity index (χ2n) is 7.92. The molecule has 1 unspecified atom stereocenters. The number of hydrogen-bond donors (Lipinski definition) is 3. The molecule has 7 nitrogen and oxygen atoms in total. The number of imide groups is 1. The van der Waals surface area contributed by atoms with Crippen LogP contribution in [0, 0.1) is 11.8 Å². The van der Waals surface area contributed by atoms with Gasteiger partial charge in [0.2, 0.25) is 11.8 Å². The fourth-order valence-electron chi connectivity index (χ4n) is 4.25. The third kappa shape index (κ3) is 3.61. The quantitative estimate of drug-likeness (QED) is 0.653. The van der Waals surface area contributed by atoms with Gasteiger partial charge in [0.05, 0.1) is 0 Å². The number of piperidine rings is 1. The maximum absolute atomic E-state index is 12.8. The number of carbonyl (C=O) groups excluding carboxylic acids is 3. The fourth-order valence-corrected chi connectivity index (χ4v) is 4.25. The minimum atomic E-state index is -0.555. The van der Waals surface area contributed by atoms with E-state index in [2.05, 4.69) is 22.9 Å². The Morgan fingerprint density at radius 2 is 2.07 bits per heavy atom. The molecule has 3 heterocycles. The van der Waals surface area contributed by atoms with E-state index in [4.69, 9.17) is 0 Å². The smallest absolute Gasteiger partial charge is 0.255 e. The van der Waals surface area contributed by atoms with E-state index >= 15 is 0 Å². The Kier molecular flexibility index (Phi) is 4.97. The molecule has 4 rings (SSSR count). The summed E-state index contributed by atoms with van der Waals surface area (Å²) in [6.07, 6.45) is 0.673. The molecule has 0 aromatic heterocycles. The number of nitrogens with zero attached hydrogens (tertiary/aromatic N) is 1. The van der Waals surface area contributed by atoms with Gasteiger partial charge in [0.1, 0.15) is 6.04 Å².